The second-order valence-electron chi connectivity index (χ2n) is 2.77. The van der Waals surface area contributed by atoms with Crippen LogP contribution in [0, 0.1) is 11.3 Å². The Kier molecular flexibility index (Phi) is 3.23. The first kappa shape index (κ1) is 10.7. The van der Waals surface area contributed by atoms with Crippen molar-refractivity contribution in [3.8, 4) is 6.07 Å². The lowest BCUT2D eigenvalue weighted by atomic mass is 10.2. The van der Waals surface area contributed by atoms with E-state index < -0.39 is 15.6 Å². The first-order valence-corrected chi connectivity index (χ1v) is 5.64. The van der Waals surface area contributed by atoms with Gasteiger partial charge in [0.2, 0.25) is 0 Å². The maximum Gasteiger partial charge on any atom is 0.191 e. The molecule has 0 aromatic heterocycles. The first-order valence-electron chi connectivity index (χ1n) is 3.99. The van der Waals surface area contributed by atoms with Gasteiger partial charge in [-0.1, -0.05) is 12.1 Å². The molecule has 0 radical (unpaired) electrons. The zero-order valence-corrected chi connectivity index (χ0v) is 8.29. The summed E-state index contributed by atoms with van der Waals surface area (Å²) in [7, 11) is -3.46. The normalized spacial score (nSPS) is 10.9. The van der Waals surface area contributed by atoms with Crippen LogP contribution in [-0.2, 0) is 16.4 Å². The molecule has 5 heteroatoms. The lowest BCUT2D eigenvalue weighted by Gasteiger charge is -2.01. The van der Waals surface area contributed by atoms with E-state index in [1.165, 1.54) is 12.1 Å². The molecule has 0 saturated carbocycles. The highest BCUT2D eigenvalue weighted by atomic mass is 32.2. The van der Waals surface area contributed by atoms with E-state index in [1.54, 1.807) is 18.2 Å². The first-order chi connectivity index (χ1) is 6.60. The van der Waals surface area contributed by atoms with Crippen LogP contribution in [-0.4, -0.2) is 14.2 Å². The highest BCUT2D eigenvalue weighted by Gasteiger charge is 2.13. The van der Waals surface area contributed by atoms with Crippen LogP contribution in [0.5, 0.6) is 0 Å². The smallest absolute Gasteiger partial charge is 0.191 e. The van der Waals surface area contributed by atoms with Crippen molar-refractivity contribution in [3.63, 3.8) is 0 Å². The minimum Gasteiger partial charge on any atom is -0.326 e. The molecule has 0 unspecified atom stereocenters. The van der Waals surface area contributed by atoms with Crippen molar-refractivity contribution in [1.82, 2.24) is 0 Å². The monoisotopic (exact) mass is 210 g/mol. The Morgan fingerprint density at radius 3 is 2.71 bits per heavy atom. The molecule has 0 spiro atoms. The SMILES string of the molecule is N#CCS(=O)(=O)c1cccc(CN)c1. The number of nitrogens with zero attached hydrogens (tertiary/aromatic N) is 1. The summed E-state index contributed by atoms with van der Waals surface area (Å²) >= 11 is 0. The number of nitrogens with two attached hydrogens (primary N) is 1. The molecule has 0 atom stereocenters. The van der Waals surface area contributed by atoms with Gasteiger partial charge in [-0.2, -0.15) is 5.26 Å². The molecule has 0 aliphatic heterocycles. The maximum absolute atomic E-state index is 11.4. The average Bonchev–Trinajstić information content (AvgIpc) is 2.18. The van der Waals surface area contributed by atoms with Crippen molar-refractivity contribution in [2.75, 3.05) is 5.75 Å². The van der Waals surface area contributed by atoms with Crippen molar-refractivity contribution >= 4 is 9.84 Å². The van der Waals surface area contributed by atoms with E-state index >= 15 is 0 Å². The van der Waals surface area contributed by atoms with Crippen LogP contribution in [0.4, 0.5) is 0 Å². The Morgan fingerprint density at radius 1 is 1.43 bits per heavy atom. The Labute approximate surface area is 82.9 Å². The second-order valence-corrected chi connectivity index (χ2v) is 4.76. The highest BCUT2D eigenvalue weighted by Crippen LogP contribution is 2.12. The zero-order valence-electron chi connectivity index (χ0n) is 7.47. The quantitative estimate of drug-likeness (QED) is 0.784. The summed E-state index contributed by atoms with van der Waals surface area (Å²) in [6, 6.07) is 7.94. The van der Waals surface area contributed by atoms with Crippen LogP contribution in [0.25, 0.3) is 0 Å². The molecule has 1 aromatic rings. The molecular formula is C9H10N2O2S. The molecule has 14 heavy (non-hydrogen) atoms. The third-order valence-electron chi connectivity index (χ3n) is 1.75. The van der Waals surface area contributed by atoms with Crippen LogP contribution in [0.1, 0.15) is 5.56 Å². The van der Waals surface area contributed by atoms with Gasteiger partial charge in [0.05, 0.1) is 11.0 Å². The molecule has 0 aliphatic carbocycles. The summed E-state index contributed by atoms with van der Waals surface area (Å²) in [6.45, 7) is 0.288. The van der Waals surface area contributed by atoms with E-state index in [0.717, 1.165) is 5.56 Å². The van der Waals surface area contributed by atoms with Crippen LogP contribution < -0.4 is 5.73 Å². The molecule has 4 nitrogen and oxygen atoms in total. The summed E-state index contributed by atoms with van der Waals surface area (Å²) in [4.78, 5) is 0.155. The van der Waals surface area contributed by atoms with Gasteiger partial charge in [0, 0.05) is 6.54 Å². The number of sulfone groups is 1. The van der Waals surface area contributed by atoms with Crippen LogP contribution in [0.2, 0.25) is 0 Å². The number of benzene rings is 1. The molecule has 0 heterocycles. The zero-order chi connectivity index (χ0) is 10.6. The minimum absolute atomic E-state index is 0.155. The number of hydrogen-bond acceptors (Lipinski definition) is 4. The largest absolute Gasteiger partial charge is 0.326 e. The van der Waals surface area contributed by atoms with E-state index in [1.807, 2.05) is 0 Å². The van der Waals surface area contributed by atoms with Crippen molar-refractivity contribution in [1.29, 1.82) is 5.26 Å². The third-order valence-corrected chi connectivity index (χ3v) is 3.23. The van der Waals surface area contributed by atoms with E-state index in [0.29, 0.717) is 0 Å². The molecule has 0 aliphatic rings. The fraction of sp³-hybridized carbons (Fsp3) is 0.222. The van der Waals surface area contributed by atoms with Gasteiger partial charge in [-0.25, -0.2) is 8.42 Å². The molecule has 2 N–H and O–H groups in total. The van der Waals surface area contributed by atoms with Crippen molar-refractivity contribution in [3.05, 3.63) is 29.8 Å². The third kappa shape index (κ3) is 2.31. The van der Waals surface area contributed by atoms with Gasteiger partial charge in [-0.3, -0.25) is 0 Å². The van der Waals surface area contributed by atoms with Crippen molar-refractivity contribution in [2.45, 2.75) is 11.4 Å². The lowest BCUT2D eigenvalue weighted by molar-refractivity contribution is 0.599. The summed E-state index contributed by atoms with van der Waals surface area (Å²) in [5.74, 6) is -0.499. The molecular weight excluding hydrogens is 200 g/mol. The van der Waals surface area contributed by atoms with Gasteiger partial charge in [0.1, 0.15) is 5.75 Å². The van der Waals surface area contributed by atoms with E-state index in [9.17, 15) is 8.42 Å². The molecule has 0 amide bonds. The van der Waals surface area contributed by atoms with Crippen molar-refractivity contribution < 1.29 is 8.42 Å². The minimum atomic E-state index is -3.46. The van der Waals surface area contributed by atoms with Gasteiger partial charge in [-0.15, -0.1) is 0 Å². The summed E-state index contributed by atoms with van der Waals surface area (Å²) in [6.07, 6.45) is 0. The van der Waals surface area contributed by atoms with Gasteiger partial charge in [0.15, 0.2) is 9.84 Å². The number of hydrogen-bond donors (Lipinski definition) is 1. The lowest BCUT2D eigenvalue weighted by Crippen LogP contribution is -2.06. The number of nitriles is 1. The van der Waals surface area contributed by atoms with Gasteiger partial charge in [-0.05, 0) is 17.7 Å². The molecule has 0 saturated heterocycles. The predicted octanol–water partition coefficient (Wildman–Crippen LogP) is 0.443. The molecule has 1 aromatic carbocycles. The Morgan fingerprint density at radius 2 is 2.14 bits per heavy atom. The van der Waals surface area contributed by atoms with Crippen LogP contribution >= 0.6 is 0 Å². The van der Waals surface area contributed by atoms with Gasteiger partial charge in [0.25, 0.3) is 0 Å². The Balaban J connectivity index is 3.15. The van der Waals surface area contributed by atoms with E-state index in [2.05, 4.69) is 0 Å². The fourth-order valence-corrected chi connectivity index (χ4v) is 1.99. The summed E-state index contributed by atoms with van der Waals surface area (Å²) in [5.41, 5.74) is 6.12. The van der Waals surface area contributed by atoms with Gasteiger partial charge < -0.3 is 5.73 Å². The number of rotatable bonds is 3. The second kappa shape index (κ2) is 4.22. The molecule has 1 rings (SSSR count). The van der Waals surface area contributed by atoms with Crippen LogP contribution in [0.3, 0.4) is 0 Å². The topological polar surface area (TPSA) is 84.0 Å². The maximum atomic E-state index is 11.4. The molecule has 74 valence electrons. The van der Waals surface area contributed by atoms with Crippen LogP contribution in [0.15, 0.2) is 29.2 Å². The predicted molar refractivity (Wildman–Crippen MR) is 52.0 cm³/mol. The molecule has 0 fully saturated rings. The van der Waals surface area contributed by atoms with E-state index in [4.69, 9.17) is 11.0 Å². The highest BCUT2D eigenvalue weighted by molar-refractivity contribution is 7.91. The molecule has 0 bridgehead atoms. The summed E-state index contributed by atoms with van der Waals surface area (Å²) < 4.78 is 22.9. The summed E-state index contributed by atoms with van der Waals surface area (Å²) in [5, 5.41) is 8.34. The fourth-order valence-electron chi connectivity index (χ4n) is 1.03. The van der Waals surface area contributed by atoms with Gasteiger partial charge >= 0.3 is 0 Å². The van der Waals surface area contributed by atoms with Crippen molar-refractivity contribution in [2.24, 2.45) is 5.73 Å². The standard InChI is InChI=1S/C9H10N2O2S/c10-4-5-14(12,13)9-3-1-2-8(6-9)7-11/h1-3,6H,5,7,11H2. The average molecular weight is 210 g/mol. The Bertz CT molecular complexity index is 460. The van der Waals surface area contributed by atoms with E-state index in [-0.39, 0.29) is 11.4 Å². The Hall–Kier alpha value is -1.38.